The van der Waals surface area contributed by atoms with Gasteiger partial charge in [0.2, 0.25) is 0 Å². The third kappa shape index (κ3) is 5.39. The maximum atomic E-state index is 14.9. The molecule has 2 atom stereocenters. The van der Waals surface area contributed by atoms with Gasteiger partial charge >= 0.3 is 0 Å². The lowest BCUT2D eigenvalue weighted by molar-refractivity contribution is -0.535. The summed E-state index contributed by atoms with van der Waals surface area (Å²) < 4.78 is 0. The Hall–Kier alpha value is -4.32. The van der Waals surface area contributed by atoms with E-state index in [1.165, 1.54) is 5.69 Å². The van der Waals surface area contributed by atoms with E-state index >= 15 is 0 Å². The number of hydrogen-bond donors (Lipinski definition) is 1. The molecule has 0 spiro atoms. The second-order valence-electron chi connectivity index (χ2n) is 13.8. The molecular weight excluding hydrogens is 604 g/mol. The number of aromatic hydroxyl groups is 1. The fraction of sp³-hybridized carbons (Fsp3) is 0.364. The molecule has 1 aliphatic rings. The summed E-state index contributed by atoms with van der Waals surface area (Å²) in [7, 11) is 0. The predicted octanol–water partition coefficient (Wildman–Crippen LogP) is 8.60. The average molecular weight is 653 g/mol. The first-order valence-electron chi connectivity index (χ1n) is 18.4. The van der Waals surface area contributed by atoms with Gasteiger partial charge in [-0.25, -0.2) is 0 Å². The Kier molecular flexibility index (Phi) is 9.41. The van der Waals surface area contributed by atoms with Crippen LogP contribution in [0.5, 0.6) is 5.75 Å². The molecule has 0 aliphatic heterocycles. The summed E-state index contributed by atoms with van der Waals surface area (Å²) in [5, 5.41) is 49.0. The maximum absolute atomic E-state index is 14.9. The minimum atomic E-state index is -1.16. The minimum absolute atomic E-state index is 0.127. The highest BCUT2D eigenvalue weighted by molar-refractivity contribution is 6.17. The summed E-state index contributed by atoms with van der Waals surface area (Å²) in [6, 6.07) is 30.5. The number of phenolic OH excluding ortho intramolecular Hbond substituents is 1. The molecule has 0 aromatic heterocycles. The quantitative estimate of drug-likeness (QED) is 0.134. The summed E-state index contributed by atoms with van der Waals surface area (Å²) >= 11 is 0. The van der Waals surface area contributed by atoms with Crippen molar-refractivity contribution in [2.45, 2.75) is 77.4 Å². The van der Waals surface area contributed by atoms with Gasteiger partial charge in [0.05, 0.1) is 11.4 Å². The van der Waals surface area contributed by atoms with Crippen molar-refractivity contribution < 1.29 is 15.3 Å². The summed E-state index contributed by atoms with van der Waals surface area (Å²) in [5.41, 5.74) is 3.86. The molecule has 0 radical (unpaired) electrons. The van der Waals surface area contributed by atoms with Crippen molar-refractivity contribution in [3.05, 3.63) is 102 Å². The normalized spacial score (nSPS) is 19.1. The number of phenols is 1. The first kappa shape index (κ1) is 33.2. The smallest absolute Gasteiger partial charge is 0.123 e. The van der Waals surface area contributed by atoms with Gasteiger partial charge < -0.3 is 25.1 Å². The second kappa shape index (κ2) is 13.9. The number of benzene rings is 6. The monoisotopic (exact) mass is 652 g/mol. The fourth-order valence-electron chi connectivity index (χ4n) is 8.83. The molecule has 254 valence electrons. The molecule has 1 aliphatic carbocycles. The van der Waals surface area contributed by atoms with Crippen molar-refractivity contribution in [2.24, 2.45) is 0 Å². The van der Waals surface area contributed by atoms with Gasteiger partial charge in [0.25, 0.3) is 0 Å². The van der Waals surface area contributed by atoms with E-state index in [2.05, 4.69) is 80.0 Å². The lowest BCUT2D eigenvalue weighted by Gasteiger charge is -2.62. The Morgan fingerprint density at radius 1 is 0.469 bits per heavy atom. The molecule has 0 saturated heterocycles. The molecule has 0 amide bonds. The van der Waals surface area contributed by atoms with E-state index in [9.17, 15) is 15.3 Å². The van der Waals surface area contributed by atoms with E-state index in [-0.39, 0.29) is 5.75 Å². The van der Waals surface area contributed by atoms with Crippen molar-refractivity contribution in [3.63, 3.8) is 0 Å². The number of rotatable bonds is 12. The summed E-state index contributed by atoms with van der Waals surface area (Å²) in [5.74, 6) is -1.38. The van der Waals surface area contributed by atoms with E-state index in [4.69, 9.17) is 0 Å². The molecule has 0 bridgehead atoms. The van der Waals surface area contributed by atoms with E-state index in [0.29, 0.717) is 10.9 Å². The molecule has 2 unspecified atom stereocenters. The molecule has 0 heterocycles. The highest BCUT2D eigenvalue weighted by atomic mass is 16.3. The van der Waals surface area contributed by atoms with Gasteiger partial charge in [-0.05, 0) is 70.9 Å². The van der Waals surface area contributed by atoms with E-state index < -0.39 is 24.0 Å². The van der Waals surface area contributed by atoms with Gasteiger partial charge in [0.1, 0.15) is 5.75 Å². The number of nitrogens with zero attached hydrogens (tertiary/aromatic N) is 2. The lowest BCUT2D eigenvalue weighted by atomic mass is 9.60. The molecule has 1 saturated carbocycles. The Morgan fingerprint density at radius 2 is 0.816 bits per heavy atom. The van der Waals surface area contributed by atoms with Crippen molar-refractivity contribution in [2.75, 3.05) is 36.0 Å². The summed E-state index contributed by atoms with van der Waals surface area (Å²) in [6.45, 7) is 12.4. The number of fused-ring (bicyclic) bond motifs is 4. The average Bonchev–Trinajstić information content (AvgIpc) is 3.11. The van der Waals surface area contributed by atoms with Crippen LogP contribution in [0.3, 0.4) is 0 Å². The summed E-state index contributed by atoms with van der Waals surface area (Å²) in [6.07, 6.45) is 1.71. The SMILES string of the molecule is CCCN(CCC)c1c2ccccc2c(C2C([O-])C(c3c4ccccc4c(N(CCC)CCC)c4cccc(O)c34)C2[O-])c2ccccc12. The molecular formula is C44H48N2O3-2. The largest absolute Gasteiger partial charge is 0.851 e. The van der Waals surface area contributed by atoms with Crippen LogP contribution >= 0.6 is 0 Å². The third-order valence-electron chi connectivity index (χ3n) is 10.7. The number of hydrogen-bond acceptors (Lipinski definition) is 5. The Morgan fingerprint density at radius 3 is 1.24 bits per heavy atom. The van der Waals surface area contributed by atoms with Gasteiger partial charge in [-0.3, -0.25) is 0 Å². The third-order valence-corrected chi connectivity index (χ3v) is 10.7. The van der Waals surface area contributed by atoms with Crippen molar-refractivity contribution in [3.8, 4) is 5.75 Å². The zero-order valence-electron chi connectivity index (χ0n) is 29.3. The first-order valence-corrected chi connectivity index (χ1v) is 18.4. The van der Waals surface area contributed by atoms with Gasteiger partial charge in [-0.1, -0.05) is 113 Å². The van der Waals surface area contributed by atoms with Crippen LogP contribution in [0, 0.1) is 0 Å². The van der Waals surface area contributed by atoms with Crippen LogP contribution in [-0.2, 0) is 0 Å². The zero-order chi connectivity index (χ0) is 34.2. The van der Waals surface area contributed by atoms with Crippen LogP contribution in [0.1, 0.15) is 76.3 Å². The number of anilines is 2. The first-order chi connectivity index (χ1) is 24.0. The van der Waals surface area contributed by atoms with E-state index in [0.717, 1.165) is 101 Å². The van der Waals surface area contributed by atoms with Crippen LogP contribution in [-0.4, -0.2) is 43.5 Å². The van der Waals surface area contributed by atoms with Gasteiger partial charge in [-0.15, -0.1) is 12.2 Å². The fourth-order valence-corrected chi connectivity index (χ4v) is 8.83. The Labute approximate surface area is 290 Å². The topological polar surface area (TPSA) is 72.8 Å². The Balaban J connectivity index is 1.44. The molecule has 7 rings (SSSR count). The van der Waals surface area contributed by atoms with Gasteiger partial charge in [0.15, 0.2) is 0 Å². The van der Waals surface area contributed by atoms with Crippen molar-refractivity contribution in [1.82, 2.24) is 0 Å². The molecule has 6 aromatic rings. The van der Waals surface area contributed by atoms with E-state index in [1.54, 1.807) is 6.07 Å². The van der Waals surface area contributed by atoms with Crippen molar-refractivity contribution >= 4 is 54.5 Å². The van der Waals surface area contributed by atoms with Crippen LogP contribution in [0.25, 0.3) is 43.1 Å². The predicted molar refractivity (Wildman–Crippen MR) is 203 cm³/mol. The van der Waals surface area contributed by atoms with Crippen molar-refractivity contribution in [1.29, 1.82) is 0 Å². The molecule has 5 heteroatoms. The molecule has 6 aromatic carbocycles. The van der Waals surface area contributed by atoms with Gasteiger partial charge in [-0.2, -0.15) is 0 Å². The minimum Gasteiger partial charge on any atom is -0.851 e. The van der Waals surface area contributed by atoms with Crippen LogP contribution in [0.4, 0.5) is 11.4 Å². The standard InChI is InChI=1S/C44H48N2O3/c1-5-24-45(25-6-2)41-31-19-12-9-16-28(31)36(29-17-10-13-20-32(29)41)39-43(48)40(44(39)49)38-30-18-11-14-21-33(30)42(46(26-7-3)27-8-4)34-22-15-23-35(47)37(34)38/h9-23,39-40,43-44,47H,5-8,24-27H2,1-4H3/q-2. The molecule has 1 fully saturated rings. The summed E-state index contributed by atoms with van der Waals surface area (Å²) in [4.78, 5) is 4.88. The molecule has 1 N–H and O–H groups in total. The van der Waals surface area contributed by atoms with Crippen LogP contribution in [0.15, 0.2) is 91.0 Å². The lowest BCUT2D eigenvalue weighted by Crippen LogP contribution is -2.63. The molecule has 5 nitrogen and oxygen atoms in total. The molecule has 49 heavy (non-hydrogen) atoms. The Bertz CT molecular complexity index is 2040. The second-order valence-corrected chi connectivity index (χ2v) is 13.8. The van der Waals surface area contributed by atoms with Gasteiger partial charge in [0, 0.05) is 53.1 Å². The van der Waals surface area contributed by atoms with Crippen LogP contribution in [0.2, 0.25) is 0 Å². The highest BCUT2D eigenvalue weighted by Gasteiger charge is 2.42. The maximum Gasteiger partial charge on any atom is 0.123 e. The highest BCUT2D eigenvalue weighted by Crippen LogP contribution is 2.55. The zero-order valence-corrected chi connectivity index (χ0v) is 29.3. The van der Waals surface area contributed by atoms with E-state index in [1.807, 2.05) is 42.5 Å². The van der Waals surface area contributed by atoms with Crippen LogP contribution < -0.4 is 20.0 Å².